The number of halogens is 2. The Bertz CT molecular complexity index is 533. The zero-order valence-corrected chi connectivity index (χ0v) is 12.6. The Morgan fingerprint density at radius 2 is 1.86 bits per heavy atom. The summed E-state index contributed by atoms with van der Waals surface area (Å²) < 4.78 is 32.3. The number of hydrogen-bond acceptors (Lipinski definition) is 3. The second kappa shape index (κ2) is 6.00. The summed E-state index contributed by atoms with van der Waals surface area (Å²) in [6, 6.07) is 2.78. The van der Waals surface area contributed by atoms with Gasteiger partial charge in [-0.15, -0.1) is 0 Å². The summed E-state index contributed by atoms with van der Waals surface area (Å²) in [5.41, 5.74) is 0.0340. The van der Waals surface area contributed by atoms with E-state index in [1.54, 1.807) is 0 Å². The molecule has 0 bridgehead atoms. The van der Waals surface area contributed by atoms with E-state index in [2.05, 4.69) is 23.9 Å². The molecule has 116 valence electrons. The highest BCUT2D eigenvalue weighted by atomic mass is 19.2. The first-order valence-corrected chi connectivity index (χ1v) is 7.17. The summed E-state index contributed by atoms with van der Waals surface area (Å²) in [5.74, 6) is -3.07. The molecule has 1 aliphatic rings. The van der Waals surface area contributed by atoms with Crippen molar-refractivity contribution in [2.75, 3.05) is 12.4 Å². The largest absolute Gasteiger partial charge is 0.465 e. The van der Waals surface area contributed by atoms with Gasteiger partial charge >= 0.3 is 5.97 Å². The zero-order chi connectivity index (χ0) is 15.6. The number of carbonyl (C=O) groups excluding carboxylic acids is 1. The quantitative estimate of drug-likeness (QED) is 0.852. The highest BCUT2D eigenvalue weighted by molar-refractivity contribution is 5.90. The van der Waals surface area contributed by atoms with Gasteiger partial charge < -0.3 is 10.1 Å². The van der Waals surface area contributed by atoms with Gasteiger partial charge in [-0.05, 0) is 43.2 Å². The van der Waals surface area contributed by atoms with Crippen molar-refractivity contribution in [2.45, 2.75) is 45.6 Å². The van der Waals surface area contributed by atoms with Crippen molar-refractivity contribution in [1.82, 2.24) is 0 Å². The molecule has 1 N–H and O–H groups in total. The second-order valence-electron chi connectivity index (χ2n) is 6.36. The molecule has 0 spiro atoms. The van der Waals surface area contributed by atoms with E-state index in [1.165, 1.54) is 12.1 Å². The van der Waals surface area contributed by atoms with Crippen LogP contribution >= 0.6 is 0 Å². The SMILES string of the molecule is COC(=O)c1ccc(NC2CCC(C)(C)CC2)c(F)c1F. The van der Waals surface area contributed by atoms with Crippen LogP contribution in [0.4, 0.5) is 14.5 Å². The van der Waals surface area contributed by atoms with Crippen molar-refractivity contribution in [2.24, 2.45) is 5.41 Å². The fraction of sp³-hybridized carbons (Fsp3) is 0.562. The molecule has 1 fully saturated rings. The van der Waals surface area contributed by atoms with E-state index in [4.69, 9.17) is 0 Å². The minimum absolute atomic E-state index is 0.102. The molecule has 0 amide bonds. The molecule has 0 saturated heterocycles. The smallest absolute Gasteiger partial charge is 0.340 e. The van der Waals surface area contributed by atoms with Crippen molar-refractivity contribution in [3.63, 3.8) is 0 Å². The number of rotatable bonds is 3. The lowest BCUT2D eigenvalue weighted by Crippen LogP contribution is -2.30. The molecule has 1 aliphatic carbocycles. The molecule has 1 aromatic carbocycles. The molecule has 0 aromatic heterocycles. The van der Waals surface area contributed by atoms with Gasteiger partial charge in [0.1, 0.15) is 0 Å². The fourth-order valence-electron chi connectivity index (χ4n) is 2.69. The minimum atomic E-state index is -1.16. The Morgan fingerprint density at radius 3 is 2.43 bits per heavy atom. The third kappa shape index (κ3) is 3.52. The van der Waals surface area contributed by atoms with Gasteiger partial charge in [0.15, 0.2) is 11.6 Å². The Labute approximate surface area is 123 Å². The minimum Gasteiger partial charge on any atom is -0.465 e. The molecule has 0 radical (unpaired) electrons. The number of ether oxygens (including phenoxy) is 1. The van der Waals surface area contributed by atoms with Crippen molar-refractivity contribution < 1.29 is 18.3 Å². The van der Waals surface area contributed by atoms with E-state index >= 15 is 0 Å². The molecule has 0 unspecified atom stereocenters. The summed E-state index contributed by atoms with van der Waals surface area (Å²) >= 11 is 0. The van der Waals surface area contributed by atoms with Gasteiger partial charge in [-0.1, -0.05) is 13.8 Å². The van der Waals surface area contributed by atoms with E-state index in [0.717, 1.165) is 32.8 Å². The molecule has 0 atom stereocenters. The van der Waals surface area contributed by atoms with Crippen molar-refractivity contribution >= 4 is 11.7 Å². The fourth-order valence-corrected chi connectivity index (χ4v) is 2.69. The molecular formula is C16H21F2NO2. The summed E-state index contributed by atoms with van der Waals surface area (Å²) in [7, 11) is 1.13. The van der Waals surface area contributed by atoms with E-state index in [-0.39, 0.29) is 17.3 Å². The molecule has 0 heterocycles. The van der Waals surface area contributed by atoms with Gasteiger partial charge in [-0.3, -0.25) is 0 Å². The maximum Gasteiger partial charge on any atom is 0.340 e. The van der Waals surface area contributed by atoms with Gasteiger partial charge in [0.25, 0.3) is 0 Å². The van der Waals surface area contributed by atoms with Crippen LogP contribution < -0.4 is 5.32 Å². The van der Waals surface area contributed by atoms with E-state index in [0.29, 0.717) is 5.41 Å². The second-order valence-corrected chi connectivity index (χ2v) is 6.36. The maximum absolute atomic E-state index is 14.0. The van der Waals surface area contributed by atoms with Crippen molar-refractivity contribution in [3.05, 3.63) is 29.3 Å². The monoisotopic (exact) mass is 297 g/mol. The first-order valence-electron chi connectivity index (χ1n) is 7.17. The lowest BCUT2D eigenvalue weighted by atomic mass is 9.75. The molecule has 1 aromatic rings. The van der Waals surface area contributed by atoms with Crippen molar-refractivity contribution in [3.8, 4) is 0 Å². The molecule has 3 nitrogen and oxygen atoms in total. The molecule has 5 heteroatoms. The number of anilines is 1. The summed E-state index contributed by atoms with van der Waals surface area (Å²) in [6.07, 6.45) is 3.95. The van der Waals surface area contributed by atoms with Crippen LogP contribution in [0.3, 0.4) is 0 Å². The lowest BCUT2D eigenvalue weighted by Gasteiger charge is -2.35. The predicted octanol–water partition coefficient (Wildman–Crippen LogP) is 4.13. The number of esters is 1. The van der Waals surface area contributed by atoms with Gasteiger partial charge in [0.2, 0.25) is 0 Å². The first-order chi connectivity index (χ1) is 9.84. The zero-order valence-electron chi connectivity index (χ0n) is 12.6. The summed E-state index contributed by atoms with van der Waals surface area (Å²) in [6.45, 7) is 4.43. The third-order valence-electron chi connectivity index (χ3n) is 4.19. The first kappa shape index (κ1) is 15.7. The van der Waals surface area contributed by atoms with E-state index in [9.17, 15) is 13.6 Å². The van der Waals surface area contributed by atoms with Gasteiger partial charge in [-0.2, -0.15) is 0 Å². The van der Waals surface area contributed by atoms with Gasteiger partial charge in [-0.25, -0.2) is 13.6 Å². The number of nitrogens with one attached hydrogen (secondary N) is 1. The number of methoxy groups -OCH3 is 1. The molecule has 2 rings (SSSR count). The summed E-state index contributed by atoms with van der Waals surface area (Å²) in [4.78, 5) is 11.3. The van der Waals surface area contributed by atoms with Gasteiger partial charge in [0.05, 0.1) is 18.4 Å². The Balaban J connectivity index is 2.12. The summed E-state index contributed by atoms with van der Waals surface area (Å²) in [5, 5.41) is 3.04. The lowest BCUT2D eigenvalue weighted by molar-refractivity contribution is 0.0594. The standard InChI is InChI=1S/C16H21F2NO2/c1-16(2)8-6-10(7-9-16)19-12-5-4-11(15(20)21-3)13(17)14(12)18/h4-5,10,19H,6-9H2,1-3H3. The van der Waals surface area contributed by atoms with Gasteiger partial charge in [0, 0.05) is 6.04 Å². The molecular weight excluding hydrogens is 276 g/mol. The Morgan fingerprint density at radius 1 is 1.24 bits per heavy atom. The highest BCUT2D eigenvalue weighted by Gasteiger charge is 2.28. The normalized spacial score (nSPS) is 18.3. The van der Waals surface area contributed by atoms with Crippen molar-refractivity contribution in [1.29, 1.82) is 0 Å². The number of hydrogen-bond donors (Lipinski definition) is 1. The number of benzene rings is 1. The molecule has 21 heavy (non-hydrogen) atoms. The Hall–Kier alpha value is -1.65. The van der Waals surface area contributed by atoms with Crippen LogP contribution in [0.2, 0.25) is 0 Å². The van der Waals surface area contributed by atoms with E-state index in [1.807, 2.05) is 0 Å². The Kier molecular flexibility index (Phi) is 4.49. The predicted molar refractivity (Wildman–Crippen MR) is 77.4 cm³/mol. The van der Waals surface area contributed by atoms with E-state index < -0.39 is 17.6 Å². The van der Waals surface area contributed by atoms with Crippen LogP contribution in [-0.2, 0) is 4.74 Å². The van der Waals surface area contributed by atoms with Crippen LogP contribution in [0.25, 0.3) is 0 Å². The topological polar surface area (TPSA) is 38.3 Å². The maximum atomic E-state index is 14.0. The van der Waals surface area contributed by atoms with Crippen LogP contribution in [0.15, 0.2) is 12.1 Å². The average molecular weight is 297 g/mol. The third-order valence-corrected chi connectivity index (χ3v) is 4.19. The van der Waals surface area contributed by atoms with Crippen LogP contribution in [0.1, 0.15) is 49.9 Å². The molecule has 1 saturated carbocycles. The number of carbonyl (C=O) groups is 1. The van der Waals surface area contributed by atoms with Crippen LogP contribution in [0.5, 0.6) is 0 Å². The highest BCUT2D eigenvalue weighted by Crippen LogP contribution is 2.36. The molecule has 0 aliphatic heterocycles. The average Bonchev–Trinajstić information content (AvgIpc) is 2.45. The van der Waals surface area contributed by atoms with Crippen LogP contribution in [-0.4, -0.2) is 19.1 Å². The van der Waals surface area contributed by atoms with Crippen LogP contribution in [0, 0.1) is 17.0 Å².